The number of hydrogen-bond acceptors (Lipinski definition) is 2. The van der Waals surface area contributed by atoms with E-state index < -0.39 is 5.97 Å². The second-order valence-electron chi connectivity index (χ2n) is 8.57. The highest BCUT2D eigenvalue weighted by molar-refractivity contribution is 5.85. The summed E-state index contributed by atoms with van der Waals surface area (Å²) in [6, 6.07) is 8.06. The molecule has 0 amide bonds. The molecule has 0 aliphatic rings. The summed E-state index contributed by atoms with van der Waals surface area (Å²) in [4.78, 5) is 10.1. The summed E-state index contributed by atoms with van der Waals surface area (Å²) in [5.41, 5.74) is 0.220. The van der Waals surface area contributed by atoms with Crippen LogP contribution in [0.5, 0.6) is 0 Å². The summed E-state index contributed by atoms with van der Waals surface area (Å²) in [7, 11) is 4.83. The van der Waals surface area contributed by atoms with Crippen molar-refractivity contribution < 1.29 is 14.4 Å². The molecule has 0 fully saturated rings. The number of rotatable bonds is 15. The SMILES string of the molecule is CCCCCCCC[N+](C)(C)CCCCCCCC.O=C([O-])c1ccccc1. The first-order valence-corrected chi connectivity index (χ1v) is 11.5. The number of carboxylic acid groups (broad SMARTS) is 1. The zero-order valence-electron chi connectivity index (χ0n) is 19.0. The van der Waals surface area contributed by atoms with Crippen LogP contribution in [-0.4, -0.2) is 37.6 Å². The van der Waals surface area contributed by atoms with Gasteiger partial charge in [0.1, 0.15) is 0 Å². The van der Waals surface area contributed by atoms with Crippen LogP contribution in [0.4, 0.5) is 0 Å². The van der Waals surface area contributed by atoms with Crippen molar-refractivity contribution in [2.45, 2.75) is 90.9 Å². The zero-order chi connectivity index (χ0) is 21.1. The topological polar surface area (TPSA) is 40.1 Å². The quantitative estimate of drug-likeness (QED) is 0.278. The maximum atomic E-state index is 10.1. The number of carbonyl (C=O) groups is 1. The van der Waals surface area contributed by atoms with Crippen LogP contribution < -0.4 is 5.11 Å². The van der Waals surface area contributed by atoms with Crippen LogP contribution in [0, 0.1) is 0 Å². The molecule has 0 saturated heterocycles. The van der Waals surface area contributed by atoms with Crippen LogP contribution in [0.15, 0.2) is 30.3 Å². The second-order valence-corrected chi connectivity index (χ2v) is 8.57. The van der Waals surface area contributed by atoms with E-state index in [4.69, 9.17) is 0 Å². The van der Waals surface area contributed by atoms with Gasteiger partial charge in [-0.3, -0.25) is 0 Å². The van der Waals surface area contributed by atoms with E-state index >= 15 is 0 Å². The molecule has 3 heteroatoms. The van der Waals surface area contributed by atoms with Gasteiger partial charge in [0.2, 0.25) is 0 Å². The summed E-state index contributed by atoms with van der Waals surface area (Å²) >= 11 is 0. The Morgan fingerprint density at radius 3 is 1.46 bits per heavy atom. The lowest BCUT2D eigenvalue weighted by Crippen LogP contribution is -2.41. The first-order valence-electron chi connectivity index (χ1n) is 11.5. The molecular formula is C25H45NO2. The number of unbranched alkanes of at least 4 members (excludes halogenated alkanes) is 10. The van der Waals surface area contributed by atoms with Gasteiger partial charge in [0.25, 0.3) is 0 Å². The molecule has 0 spiro atoms. The highest BCUT2D eigenvalue weighted by Crippen LogP contribution is 2.11. The van der Waals surface area contributed by atoms with Gasteiger partial charge >= 0.3 is 0 Å². The Bertz CT molecular complexity index is 453. The van der Waals surface area contributed by atoms with Crippen molar-refractivity contribution in [3.8, 4) is 0 Å². The first-order chi connectivity index (χ1) is 13.4. The van der Waals surface area contributed by atoms with Crippen LogP contribution in [0.25, 0.3) is 0 Å². The Labute approximate surface area is 174 Å². The van der Waals surface area contributed by atoms with Crippen LogP contribution in [0.1, 0.15) is 101 Å². The van der Waals surface area contributed by atoms with Gasteiger partial charge in [-0.2, -0.15) is 0 Å². The van der Waals surface area contributed by atoms with Crippen LogP contribution in [0.2, 0.25) is 0 Å². The monoisotopic (exact) mass is 391 g/mol. The molecule has 0 heterocycles. The third kappa shape index (κ3) is 16.8. The molecule has 0 unspecified atom stereocenters. The highest BCUT2D eigenvalue weighted by atomic mass is 16.4. The lowest BCUT2D eigenvalue weighted by Gasteiger charge is -2.30. The third-order valence-corrected chi connectivity index (χ3v) is 5.24. The molecule has 1 rings (SSSR count). The summed E-state index contributed by atoms with van der Waals surface area (Å²) in [6.07, 6.45) is 17.1. The molecule has 0 radical (unpaired) electrons. The van der Waals surface area contributed by atoms with E-state index in [0.717, 1.165) is 0 Å². The minimum Gasteiger partial charge on any atom is -0.545 e. The van der Waals surface area contributed by atoms with Crippen molar-refractivity contribution in [1.29, 1.82) is 0 Å². The fourth-order valence-electron chi connectivity index (χ4n) is 3.33. The molecule has 0 aromatic heterocycles. The average molecular weight is 392 g/mol. The molecule has 0 bridgehead atoms. The van der Waals surface area contributed by atoms with E-state index in [0.29, 0.717) is 0 Å². The summed E-state index contributed by atoms with van der Waals surface area (Å²) < 4.78 is 1.24. The lowest BCUT2D eigenvalue weighted by atomic mass is 10.1. The molecule has 28 heavy (non-hydrogen) atoms. The normalized spacial score (nSPS) is 11.0. The maximum absolute atomic E-state index is 10.1. The second kappa shape index (κ2) is 17.7. The lowest BCUT2D eigenvalue weighted by molar-refractivity contribution is -0.890. The summed E-state index contributed by atoms with van der Waals surface area (Å²) in [5, 5.41) is 10.1. The van der Waals surface area contributed by atoms with Crippen molar-refractivity contribution in [3.05, 3.63) is 35.9 Å². The Morgan fingerprint density at radius 2 is 1.11 bits per heavy atom. The van der Waals surface area contributed by atoms with Crippen LogP contribution >= 0.6 is 0 Å². The van der Waals surface area contributed by atoms with Gasteiger partial charge in [0, 0.05) is 0 Å². The number of carboxylic acids is 1. The number of quaternary nitrogens is 1. The van der Waals surface area contributed by atoms with Gasteiger partial charge in [-0.25, -0.2) is 0 Å². The largest absolute Gasteiger partial charge is 0.545 e. The Balaban J connectivity index is 0.000000668. The van der Waals surface area contributed by atoms with Gasteiger partial charge in [-0.15, -0.1) is 0 Å². The van der Waals surface area contributed by atoms with E-state index in [1.165, 1.54) is 107 Å². The molecule has 0 atom stereocenters. The first kappa shape index (κ1) is 26.6. The molecule has 0 N–H and O–H groups in total. The predicted molar refractivity (Wildman–Crippen MR) is 119 cm³/mol. The predicted octanol–water partition coefficient (Wildman–Crippen LogP) is 5.83. The molecular weight excluding hydrogens is 346 g/mol. The number of aromatic carboxylic acids is 1. The Kier molecular flexibility index (Phi) is 16.9. The molecule has 1 aromatic carbocycles. The number of hydrogen-bond donors (Lipinski definition) is 0. The minimum absolute atomic E-state index is 0.220. The molecule has 3 nitrogen and oxygen atoms in total. The van der Waals surface area contributed by atoms with Crippen molar-refractivity contribution >= 4 is 5.97 Å². The number of benzene rings is 1. The van der Waals surface area contributed by atoms with E-state index in [1.807, 2.05) is 0 Å². The molecule has 1 aromatic rings. The molecule has 162 valence electrons. The Hall–Kier alpha value is -1.35. The minimum atomic E-state index is -1.13. The zero-order valence-corrected chi connectivity index (χ0v) is 19.0. The number of carbonyl (C=O) groups excluding carboxylic acids is 1. The Morgan fingerprint density at radius 1 is 0.714 bits per heavy atom. The average Bonchev–Trinajstić information content (AvgIpc) is 2.68. The van der Waals surface area contributed by atoms with Gasteiger partial charge < -0.3 is 14.4 Å². The molecule has 0 aliphatic carbocycles. The highest BCUT2D eigenvalue weighted by Gasteiger charge is 2.13. The van der Waals surface area contributed by atoms with Crippen LogP contribution in [-0.2, 0) is 0 Å². The van der Waals surface area contributed by atoms with Crippen molar-refractivity contribution in [2.75, 3.05) is 27.2 Å². The molecule has 0 saturated carbocycles. The standard InChI is InChI=1S/C18H40N.C7H6O2/c1-5-7-9-11-13-15-17-19(3,4)18-16-14-12-10-8-6-2;8-7(9)6-4-2-1-3-5-6/h5-18H2,1-4H3;1-5H,(H,8,9)/q+1;/p-1. The van der Waals surface area contributed by atoms with E-state index in [2.05, 4.69) is 27.9 Å². The van der Waals surface area contributed by atoms with E-state index in [9.17, 15) is 9.90 Å². The van der Waals surface area contributed by atoms with Crippen molar-refractivity contribution in [3.63, 3.8) is 0 Å². The van der Waals surface area contributed by atoms with E-state index in [1.54, 1.807) is 18.2 Å². The fourth-order valence-corrected chi connectivity index (χ4v) is 3.33. The summed E-state index contributed by atoms with van der Waals surface area (Å²) in [6.45, 7) is 7.34. The van der Waals surface area contributed by atoms with Crippen LogP contribution in [0.3, 0.4) is 0 Å². The van der Waals surface area contributed by atoms with Gasteiger partial charge in [-0.1, -0.05) is 95.5 Å². The summed E-state index contributed by atoms with van der Waals surface area (Å²) in [5.74, 6) is -1.13. The van der Waals surface area contributed by atoms with Crippen molar-refractivity contribution in [1.82, 2.24) is 0 Å². The van der Waals surface area contributed by atoms with Gasteiger partial charge in [-0.05, 0) is 31.2 Å². The maximum Gasteiger partial charge on any atom is 0.0782 e. The smallest absolute Gasteiger partial charge is 0.0782 e. The van der Waals surface area contributed by atoms with Gasteiger partial charge in [0.15, 0.2) is 0 Å². The third-order valence-electron chi connectivity index (χ3n) is 5.24. The molecule has 0 aliphatic heterocycles. The van der Waals surface area contributed by atoms with Gasteiger partial charge in [0.05, 0.1) is 33.2 Å². The van der Waals surface area contributed by atoms with E-state index in [-0.39, 0.29) is 5.56 Å². The van der Waals surface area contributed by atoms with Crippen molar-refractivity contribution in [2.24, 2.45) is 0 Å². The fraction of sp³-hybridized carbons (Fsp3) is 0.720. The number of nitrogens with zero attached hydrogens (tertiary/aromatic N) is 1.